The van der Waals surface area contributed by atoms with Gasteiger partial charge in [-0.3, -0.25) is 0 Å². The van der Waals surface area contributed by atoms with Crippen molar-refractivity contribution in [3.8, 4) is 22.9 Å². The summed E-state index contributed by atoms with van der Waals surface area (Å²) in [5.41, 5.74) is 5.80. The molecule has 3 aromatic heterocycles. The van der Waals surface area contributed by atoms with Gasteiger partial charge in [0, 0.05) is 42.3 Å². The Morgan fingerprint density at radius 3 is 2.62 bits per heavy atom. The van der Waals surface area contributed by atoms with Crippen LogP contribution >= 0.6 is 11.3 Å². The van der Waals surface area contributed by atoms with Crippen LogP contribution in [0.5, 0.6) is 11.6 Å². The van der Waals surface area contributed by atoms with Crippen LogP contribution in [-0.4, -0.2) is 50.1 Å². The zero-order valence-corrected chi connectivity index (χ0v) is 29.3. The summed E-state index contributed by atoms with van der Waals surface area (Å²) in [6.07, 6.45) is 5.81. The fourth-order valence-electron chi connectivity index (χ4n) is 6.58. The number of aryl methyl sites for hydroxylation is 4. The van der Waals surface area contributed by atoms with Gasteiger partial charge >= 0.3 is 6.09 Å². The number of pyridine rings is 1. The Kier molecular flexibility index (Phi) is 9.98. The molecule has 3 aromatic carbocycles. The van der Waals surface area contributed by atoms with Gasteiger partial charge in [-0.25, -0.2) is 24.7 Å². The molecule has 10 heteroatoms. The fourth-order valence-corrected chi connectivity index (χ4v) is 7.23. The van der Waals surface area contributed by atoms with Gasteiger partial charge in [0.2, 0.25) is 11.8 Å². The summed E-state index contributed by atoms with van der Waals surface area (Å²) in [5.74, 6) is 2.01. The summed E-state index contributed by atoms with van der Waals surface area (Å²) in [6, 6.07) is 26.1. The summed E-state index contributed by atoms with van der Waals surface area (Å²) >= 11 is 1.69. The van der Waals surface area contributed by atoms with Crippen molar-refractivity contribution in [2.75, 3.05) is 18.4 Å². The third-order valence-electron chi connectivity index (χ3n) is 8.97. The van der Waals surface area contributed by atoms with Crippen molar-refractivity contribution in [3.63, 3.8) is 0 Å². The molecule has 6 aromatic rings. The second-order valence-electron chi connectivity index (χ2n) is 12.9. The molecule has 1 aliphatic rings. The van der Waals surface area contributed by atoms with Crippen LogP contribution < -0.4 is 10.1 Å². The SMILES string of the molecule is Cc1nc(CCc2cccc3c(Oc4ncccc4-c4ccnc(N[C@H]5C[C@@H](C)CN(C(=O)OCc6ccccc6)C5)n4)c(C)ccc23)cs1. The molecule has 0 bridgehead atoms. The molecule has 9 nitrogen and oxygen atoms in total. The first kappa shape index (κ1) is 33.2. The number of hydrogen-bond donors (Lipinski definition) is 1. The molecule has 254 valence electrons. The van der Waals surface area contributed by atoms with E-state index in [0.29, 0.717) is 30.6 Å². The van der Waals surface area contributed by atoms with E-state index >= 15 is 0 Å². The van der Waals surface area contributed by atoms with E-state index < -0.39 is 0 Å². The molecule has 0 unspecified atom stereocenters. The quantitative estimate of drug-likeness (QED) is 0.153. The molecular weight excluding hydrogens is 645 g/mol. The molecule has 2 atom stereocenters. The number of anilines is 1. The van der Waals surface area contributed by atoms with Crippen LogP contribution in [0.25, 0.3) is 22.0 Å². The normalized spacial score (nSPS) is 15.9. The number of nitrogens with zero attached hydrogens (tertiary/aromatic N) is 5. The molecule has 1 aliphatic heterocycles. The number of amides is 1. The van der Waals surface area contributed by atoms with E-state index in [-0.39, 0.29) is 24.7 Å². The predicted octanol–water partition coefficient (Wildman–Crippen LogP) is 8.80. The highest BCUT2D eigenvalue weighted by Crippen LogP contribution is 2.38. The smallest absolute Gasteiger partial charge is 0.410 e. The molecule has 0 radical (unpaired) electrons. The second-order valence-corrected chi connectivity index (χ2v) is 14.0. The number of piperidine rings is 1. The van der Waals surface area contributed by atoms with Crippen LogP contribution in [0.1, 0.15) is 40.7 Å². The Morgan fingerprint density at radius 2 is 1.78 bits per heavy atom. The summed E-state index contributed by atoms with van der Waals surface area (Å²) in [6.45, 7) is 7.63. The molecule has 4 heterocycles. The van der Waals surface area contributed by atoms with Gasteiger partial charge in [0.05, 0.1) is 22.0 Å². The standard InChI is InChI=1S/C40H40N6O3S/c1-26-21-32(23-46(22-26)40(47)48-24-29-9-5-4-6-10-29)44-39-42-20-18-36(45-39)35-13-8-19-41-38(35)49-37-27(2)14-17-33-30(11-7-12-34(33)37)15-16-31-25-50-28(3)43-31/h4-14,17-20,25-26,32H,15-16,21-24H2,1-3H3,(H,42,44,45)/t26-,32+/m1/s1. The molecule has 7 rings (SSSR count). The first-order valence-electron chi connectivity index (χ1n) is 17.0. The number of aromatic nitrogens is 4. The Morgan fingerprint density at radius 1 is 0.900 bits per heavy atom. The lowest BCUT2D eigenvalue weighted by Gasteiger charge is -2.36. The number of benzene rings is 3. The second kappa shape index (κ2) is 15.0. The van der Waals surface area contributed by atoms with Crippen LogP contribution in [0.4, 0.5) is 10.7 Å². The number of hydrogen-bond acceptors (Lipinski definition) is 9. The zero-order valence-electron chi connectivity index (χ0n) is 28.5. The van der Waals surface area contributed by atoms with E-state index in [0.717, 1.165) is 63.2 Å². The maximum Gasteiger partial charge on any atom is 0.410 e. The van der Waals surface area contributed by atoms with Crippen LogP contribution in [0, 0.1) is 19.8 Å². The van der Waals surface area contributed by atoms with Crippen LogP contribution in [0.3, 0.4) is 0 Å². The number of rotatable bonds is 10. The van der Waals surface area contributed by atoms with Gasteiger partial charge in [-0.1, -0.05) is 67.6 Å². The molecule has 0 saturated carbocycles. The van der Waals surface area contributed by atoms with Crippen molar-refractivity contribution < 1.29 is 14.3 Å². The highest BCUT2D eigenvalue weighted by Gasteiger charge is 2.29. The number of carbonyl (C=O) groups is 1. The van der Waals surface area contributed by atoms with Gasteiger partial charge in [-0.15, -0.1) is 11.3 Å². The van der Waals surface area contributed by atoms with Crippen molar-refractivity contribution in [1.29, 1.82) is 0 Å². The fraction of sp³-hybridized carbons (Fsp3) is 0.275. The van der Waals surface area contributed by atoms with E-state index in [4.69, 9.17) is 14.5 Å². The van der Waals surface area contributed by atoms with E-state index in [1.807, 2.05) is 55.5 Å². The van der Waals surface area contributed by atoms with E-state index in [9.17, 15) is 4.79 Å². The summed E-state index contributed by atoms with van der Waals surface area (Å²) in [5, 5.41) is 8.91. The van der Waals surface area contributed by atoms with Gasteiger partial charge in [-0.05, 0) is 79.3 Å². The van der Waals surface area contributed by atoms with E-state index in [2.05, 4.69) is 69.8 Å². The molecule has 1 saturated heterocycles. The van der Waals surface area contributed by atoms with Crippen molar-refractivity contribution in [3.05, 3.63) is 124 Å². The minimum Gasteiger partial charge on any atom is -0.445 e. The molecule has 1 fully saturated rings. The van der Waals surface area contributed by atoms with Crippen LogP contribution in [0.15, 0.2) is 96.6 Å². The lowest BCUT2D eigenvalue weighted by molar-refractivity contribution is 0.0783. The third-order valence-corrected chi connectivity index (χ3v) is 9.80. The number of likely N-dealkylation sites (tertiary alicyclic amines) is 1. The molecular formula is C40H40N6O3S. The third kappa shape index (κ3) is 7.76. The van der Waals surface area contributed by atoms with Gasteiger partial charge in [-0.2, -0.15) is 0 Å². The monoisotopic (exact) mass is 684 g/mol. The maximum atomic E-state index is 13.0. The number of thiazole rings is 1. The average molecular weight is 685 g/mol. The van der Waals surface area contributed by atoms with Crippen LogP contribution in [0.2, 0.25) is 0 Å². The highest BCUT2D eigenvalue weighted by molar-refractivity contribution is 7.09. The summed E-state index contributed by atoms with van der Waals surface area (Å²) in [7, 11) is 0. The summed E-state index contributed by atoms with van der Waals surface area (Å²) in [4.78, 5) is 33.5. The first-order chi connectivity index (χ1) is 24.4. The van der Waals surface area contributed by atoms with Crippen molar-refractivity contribution >= 4 is 34.2 Å². The minimum absolute atomic E-state index is 0.0324. The molecule has 1 amide bonds. The largest absolute Gasteiger partial charge is 0.445 e. The topological polar surface area (TPSA) is 102 Å². The molecule has 1 N–H and O–H groups in total. The molecule has 0 spiro atoms. The Labute approximate surface area is 296 Å². The number of ether oxygens (including phenoxy) is 2. The predicted molar refractivity (Wildman–Crippen MR) is 198 cm³/mol. The lowest BCUT2D eigenvalue weighted by atomic mass is 9.96. The van der Waals surface area contributed by atoms with Gasteiger partial charge in [0.25, 0.3) is 0 Å². The maximum absolute atomic E-state index is 13.0. The van der Waals surface area contributed by atoms with Gasteiger partial charge < -0.3 is 19.7 Å². The van der Waals surface area contributed by atoms with Crippen molar-refractivity contribution in [1.82, 2.24) is 24.8 Å². The summed E-state index contributed by atoms with van der Waals surface area (Å²) < 4.78 is 12.3. The number of fused-ring (bicyclic) bond motifs is 1. The van der Waals surface area contributed by atoms with Gasteiger partial charge in [0.1, 0.15) is 12.4 Å². The number of nitrogens with one attached hydrogen (secondary N) is 1. The lowest BCUT2D eigenvalue weighted by Crippen LogP contribution is -2.48. The Balaban J connectivity index is 1.08. The first-order valence-corrected chi connectivity index (χ1v) is 17.9. The van der Waals surface area contributed by atoms with Crippen LogP contribution in [-0.2, 0) is 24.2 Å². The average Bonchev–Trinajstić information content (AvgIpc) is 3.56. The van der Waals surface area contributed by atoms with Crippen molar-refractivity contribution in [2.45, 2.75) is 52.7 Å². The highest BCUT2D eigenvalue weighted by atomic mass is 32.1. The van der Waals surface area contributed by atoms with Crippen molar-refractivity contribution in [2.24, 2.45) is 5.92 Å². The van der Waals surface area contributed by atoms with E-state index in [1.54, 1.807) is 28.6 Å². The zero-order chi connectivity index (χ0) is 34.5. The van der Waals surface area contributed by atoms with E-state index in [1.165, 1.54) is 5.56 Å². The Hall–Kier alpha value is -5.35. The Bertz CT molecular complexity index is 2100. The molecule has 50 heavy (non-hydrogen) atoms. The van der Waals surface area contributed by atoms with Gasteiger partial charge in [0.15, 0.2) is 0 Å². The minimum atomic E-state index is -0.315. The molecule has 0 aliphatic carbocycles. The number of carbonyl (C=O) groups excluding carboxylic acids is 1.